The van der Waals surface area contributed by atoms with Crippen LogP contribution >= 0.6 is 0 Å². The molecule has 1 aliphatic rings. The van der Waals surface area contributed by atoms with E-state index < -0.39 is 0 Å². The third-order valence-corrected chi connectivity index (χ3v) is 3.80. The highest BCUT2D eigenvalue weighted by Crippen LogP contribution is 2.46. The Morgan fingerprint density at radius 3 is 2.50 bits per heavy atom. The van der Waals surface area contributed by atoms with E-state index in [1.165, 1.54) is 12.3 Å². The van der Waals surface area contributed by atoms with Crippen LogP contribution in [0.1, 0.15) is 32.4 Å². The molecule has 1 aromatic rings. The maximum atomic E-state index is 12.8. The van der Waals surface area contributed by atoms with Gasteiger partial charge in [-0.05, 0) is 30.5 Å². The molecule has 2 nitrogen and oxygen atoms in total. The van der Waals surface area contributed by atoms with Gasteiger partial charge in [0.25, 0.3) is 0 Å². The molecule has 0 saturated heterocycles. The third kappa shape index (κ3) is 1.84. The van der Waals surface area contributed by atoms with Gasteiger partial charge >= 0.3 is 0 Å². The van der Waals surface area contributed by atoms with E-state index in [1.807, 2.05) is 6.07 Å². The Morgan fingerprint density at radius 1 is 1.31 bits per heavy atom. The molecule has 16 heavy (non-hydrogen) atoms. The molecule has 1 N–H and O–H groups in total. The van der Waals surface area contributed by atoms with Crippen molar-refractivity contribution in [3.8, 4) is 0 Å². The summed E-state index contributed by atoms with van der Waals surface area (Å²) in [5.74, 6) is 1.36. The molecule has 2 atom stereocenters. The van der Waals surface area contributed by atoms with Gasteiger partial charge in [-0.2, -0.15) is 0 Å². The highest BCUT2D eigenvalue weighted by Gasteiger charge is 2.45. The summed E-state index contributed by atoms with van der Waals surface area (Å²) in [4.78, 5) is 4.19. The SMILES string of the molecule is CCNC1C(C)C(c2ccc(F)cn2)C1C. The van der Waals surface area contributed by atoms with Crippen LogP contribution in [0.2, 0.25) is 0 Å². The van der Waals surface area contributed by atoms with E-state index >= 15 is 0 Å². The summed E-state index contributed by atoms with van der Waals surface area (Å²) in [7, 11) is 0. The van der Waals surface area contributed by atoms with Crippen LogP contribution in [-0.2, 0) is 0 Å². The standard InChI is InChI=1S/C13H19FN2/c1-4-15-13-8(2)12(9(13)3)11-6-5-10(14)7-16-11/h5-9,12-13,15H,4H2,1-3H3. The summed E-state index contributed by atoms with van der Waals surface area (Å²) in [5.41, 5.74) is 1.02. The molecular formula is C13H19FN2. The smallest absolute Gasteiger partial charge is 0.141 e. The molecule has 0 bridgehead atoms. The number of hydrogen-bond donors (Lipinski definition) is 1. The Kier molecular flexibility index (Phi) is 3.24. The quantitative estimate of drug-likeness (QED) is 0.850. The summed E-state index contributed by atoms with van der Waals surface area (Å²) in [6, 6.07) is 3.89. The summed E-state index contributed by atoms with van der Waals surface area (Å²) in [6.07, 6.45) is 1.31. The second-order valence-corrected chi connectivity index (χ2v) is 4.73. The number of rotatable bonds is 3. The van der Waals surface area contributed by atoms with Crippen LogP contribution in [0.15, 0.2) is 18.3 Å². The number of aromatic nitrogens is 1. The normalized spacial score (nSPS) is 33.5. The zero-order chi connectivity index (χ0) is 11.7. The van der Waals surface area contributed by atoms with Crippen molar-refractivity contribution in [2.75, 3.05) is 6.54 Å². The fourth-order valence-corrected chi connectivity index (χ4v) is 2.99. The second kappa shape index (κ2) is 4.50. The van der Waals surface area contributed by atoms with Crippen LogP contribution in [0, 0.1) is 17.7 Å². The first-order chi connectivity index (χ1) is 7.65. The molecule has 1 heterocycles. The van der Waals surface area contributed by atoms with Crippen LogP contribution in [0.25, 0.3) is 0 Å². The molecule has 1 aromatic heterocycles. The Morgan fingerprint density at radius 2 is 2.00 bits per heavy atom. The van der Waals surface area contributed by atoms with Crippen molar-refractivity contribution in [3.63, 3.8) is 0 Å². The maximum absolute atomic E-state index is 12.8. The molecule has 0 amide bonds. The zero-order valence-corrected chi connectivity index (χ0v) is 10.1. The van der Waals surface area contributed by atoms with Crippen molar-refractivity contribution in [2.45, 2.75) is 32.7 Å². The molecule has 2 unspecified atom stereocenters. The number of hydrogen-bond acceptors (Lipinski definition) is 2. The van der Waals surface area contributed by atoms with Crippen molar-refractivity contribution >= 4 is 0 Å². The van der Waals surface area contributed by atoms with Crippen molar-refractivity contribution < 1.29 is 4.39 Å². The fourth-order valence-electron chi connectivity index (χ4n) is 2.99. The van der Waals surface area contributed by atoms with Gasteiger partial charge in [-0.1, -0.05) is 20.8 Å². The molecule has 1 fully saturated rings. The van der Waals surface area contributed by atoms with Crippen LogP contribution in [0.5, 0.6) is 0 Å². The lowest BCUT2D eigenvalue weighted by molar-refractivity contribution is 0.0952. The maximum Gasteiger partial charge on any atom is 0.141 e. The Hall–Kier alpha value is -0.960. The first kappa shape index (κ1) is 11.5. The molecule has 88 valence electrons. The third-order valence-electron chi connectivity index (χ3n) is 3.80. The van der Waals surface area contributed by atoms with Gasteiger partial charge in [0.1, 0.15) is 5.82 Å². The van der Waals surface area contributed by atoms with Gasteiger partial charge in [-0.3, -0.25) is 4.98 Å². The molecule has 2 rings (SSSR count). The van der Waals surface area contributed by atoms with Crippen molar-refractivity contribution in [3.05, 3.63) is 29.8 Å². The molecular weight excluding hydrogens is 203 g/mol. The summed E-state index contributed by atoms with van der Waals surface area (Å²) < 4.78 is 12.8. The largest absolute Gasteiger partial charge is 0.314 e. The summed E-state index contributed by atoms with van der Waals surface area (Å²) >= 11 is 0. The fraction of sp³-hybridized carbons (Fsp3) is 0.615. The second-order valence-electron chi connectivity index (χ2n) is 4.73. The van der Waals surface area contributed by atoms with Crippen molar-refractivity contribution in [1.29, 1.82) is 0 Å². The van der Waals surface area contributed by atoms with Gasteiger partial charge in [-0.25, -0.2) is 4.39 Å². The lowest BCUT2D eigenvalue weighted by Crippen LogP contribution is -2.55. The van der Waals surface area contributed by atoms with Gasteiger partial charge in [0.2, 0.25) is 0 Å². The minimum Gasteiger partial charge on any atom is -0.314 e. The minimum absolute atomic E-state index is 0.258. The number of nitrogens with one attached hydrogen (secondary N) is 1. The van der Waals surface area contributed by atoms with Gasteiger partial charge in [-0.15, -0.1) is 0 Å². The molecule has 0 radical (unpaired) electrons. The number of nitrogens with zero attached hydrogens (tertiary/aromatic N) is 1. The van der Waals surface area contributed by atoms with Crippen molar-refractivity contribution in [1.82, 2.24) is 10.3 Å². The average Bonchev–Trinajstić information content (AvgIpc) is 2.29. The van der Waals surface area contributed by atoms with E-state index in [4.69, 9.17) is 0 Å². The molecule has 3 heteroatoms. The predicted octanol–water partition coefficient (Wildman–Crippen LogP) is 2.57. The van der Waals surface area contributed by atoms with Gasteiger partial charge in [0.15, 0.2) is 0 Å². The Balaban J connectivity index is 2.10. The van der Waals surface area contributed by atoms with E-state index in [-0.39, 0.29) is 5.82 Å². The average molecular weight is 222 g/mol. The molecule has 0 aromatic carbocycles. The van der Waals surface area contributed by atoms with Crippen molar-refractivity contribution in [2.24, 2.45) is 11.8 Å². The van der Waals surface area contributed by atoms with E-state index in [1.54, 1.807) is 0 Å². The van der Waals surface area contributed by atoms with E-state index in [9.17, 15) is 4.39 Å². The van der Waals surface area contributed by atoms with Gasteiger partial charge in [0, 0.05) is 17.7 Å². The van der Waals surface area contributed by atoms with Crippen LogP contribution in [0.3, 0.4) is 0 Å². The lowest BCUT2D eigenvalue weighted by Gasteiger charge is -2.49. The van der Waals surface area contributed by atoms with E-state index in [0.717, 1.165) is 12.2 Å². The Labute approximate surface area is 96.3 Å². The molecule has 1 aliphatic carbocycles. The predicted molar refractivity (Wildman–Crippen MR) is 62.7 cm³/mol. The van der Waals surface area contributed by atoms with E-state index in [0.29, 0.717) is 23.8 Å². The van der Waals surface area contributed by atoms with Crippen LogP contribution < -0.4 is 5.32 Å². The topological polar surface area (TPSA) is 24.9 Å². The number of pyridine rings is 1. The van der Waals surface area contributed by atoms with Gasteiger partial charge in [0.05, 0.1) is 6.20 Å². The summed E-state index contributed by atoms with van der Waals surface area (Å²) in [6.45, 7) is 7.61. The highest BCUT2D eigenvalue weighted by molar-refractivity contribution is 5.19. The zero-order valence-electron chi connectivity index (χ0n) is 10.1. The van der Waals surface area contributed by atoms with Crippen LogP contribution in [-0.4, -0.2) is 17.6 Å². The molecule has 0 aliphatic heterocycles. The first-order valence-electron chi connectivity index (χ1n) is 6.00. The van der Waals surface area contributed by atoms with Gasteiger partial charge < -0.3 is 5.32 Å². The highest BCUT2D eigenvalue weighted by atomic mass is 19.1. The molecule has 0 spiro atoms. The first-order valence-corrected chi connectivity index (χ1v) is 6.00. The lowest BCUT2D eigenvalue weighted by atomic mass is 9.61. The summed E-state index contributed by atoms with van der Waals surface area (Å²) in [5, 5.41) is 3.49. The molecule has 1 saturated carbocycles. The monoisotopic (exact) mass is 222 g/mol. The van der Waals surface area contributed by atoms with Crippen LogP contribution in [0.4, 0.5) is 4.39 Å². The number of halogens is 1. The van der Waals surface area contributed by atoms with E-state index in [2.05, 4.69) is 31.1 Å². The minimum atomic E-state index is -0.258. The Bertz CT molecular complexity index is 339.